The van der Waals surface area contributed by atoms with Crippen LogP contribution in [-0.4, -0.2) is 41.2 Å². The van der Waals surface area contributed by atoms with Crippen LogP contribution in [0.1, 0.15) is 54.6 Å². The van der Waals surface area contributed by atoms with E-state index in [-0.39, 0.29) is 24.2 Å². The topological polar surface area (TPSA) is 78.5 Å². The molecule has 4 aliphatic rings. The van der Waals surface area contributed by atoms with Crippen LogP contribution in [0.3, 0.4) is 0 Å². The zero-order valence-corrected chi connectivity index (χ0v) is 18.5. The standard InChI is InChI=1S/C25H31N5O2/c1-15-11-16(8-9-26-15)24-19-12-17-14-30(25(31)27-20(17)13-21(19)28-29-24)22-6-4-10-32-23-7-3-2-5-18(22)23/h2-3,5,7-9,11,17,19-22,24,28-29H,4,6,10,12-14H2,1H3,(H,27,31). The van der Waals surface area contributed by atoms with Gasteiger partial charge in [0.2, 0.25) is 0 Å². The minimum absolute atomic E-state index is 0.0682. The van der Waals surface area contributed by atoms with Gasteiger partial charge in [0, 0.05) is 36.1 Å². The van der Waals surface area contributed by atoms with Crippen molar-refractivity contribution in [2.75, 3.05) is 13.2 Å². The van der Waals surface area contributed by atoms with Gasteiger partial charge < -0.3 is 15.0 Å². The lowest BCUT2D eigenvalue weighted by Crippen LogP contribution is -2.61. The Morgan fingerprint density at radius 2 is 2.03 bits per heavy atom. The summed E-state index contributed by atoms with van der Waals surface area (Å²) in [6.07, 6.45) is 5.85. The number of hydrogen-bond acceptors (Lipinski definition) is 5. The zero-order valence-electron chi connectivity index (χ0n) is 18.5. The summed E-state index contributed by atoms with van der Waals surface area (Å²) in [5.74, 6) is 1.86. The zero-order chi connectivity index (χ0) is 21.7. The second-order valence-electron chi connectivity index (χ2n) is 9.75. The molecule has 1 aromatic heterocycles. The normalized spacial score (nSPS) is 33.9. The molecule has 3 fully saturated rings. The fraction of sp³-hybridized carbons (Fsp3) is 0.520. The molecule has 0 bridgehead atoms. The Kier molecular flexibility index (Phi) is 5.03. The minimum Gasteiger partial charge on any atom is -0.493 e. The van der Waals surface area contributed by atoms with Crippen molar-refractivity contribution in [3.05, 3.63) is 59.4 Å². The fourth-order valence-electron chi connectivity index (χ4n) is 6.30. The number of carbonyl (C=O) groups excluding carboxylic acids is 1. The van der Waals surface area contributed by atoms with Crippen LogP contribution >= 0.6 is 0 Å². The van der Waals surface area contributed by atoms with Gasteiger partial charge in [-0.1, -0.05) is 18.2 Å². The Morgan fingerprint density at radius 3 is 2.94 bits per heavy atom. The van der Waals surface area contributed by atoms with Crippen LogP contribution < -0.4 is 20.9 Å². The van der Waals surface area contributed by atoms with Gasteiger partial charge in [-0.05, 0) is 68.2 Å². The first-order valence-corrected chi connectivity index (χ1v) is 11.9. The molecule has 2 saturated heterocycles. The summed E-state index contributed by atoms with van der Waals surface area (Å²) in [5, 5.41) is 3.36. The molecule has 3 aliphatic heterocycles. The molecule has 3 N–H and O–H groups in total. The van der Waals surface area contributed by atoms with Gasteiger partial charge >= 0.3 is 6.03 Å². The van der Waals surface area contributed by atoms with E-state index in [1.165, 1.54) is 5.56 Å². The Morgan fingerprint density at radius 1 is 1.12 bits per heavy atom. The highest BCUT2D eigenvalue weighted by atomic mass is 16.5. The van der Waals surface area contributed by atoms with E-state index in [0.717, 1.165) is 49.2 Å². The van der Waals surface area contributed by atoms with E-state index in [2.05, 4.69) is 44.3 Å². The minimum atomic E-state index is 0.0682. The third-order valence-corrected chi connectivity index (χ3v) is 7.84. The van der Waals surface area contributed by atoms with E-state index in [1.807, 2.05) is 31.3 Å². The van der Waals surface area contributed by atoms with Gasteiger partial charge in [0.15, 0.2) is 0 Å². The number of nitrogens with zero attached hydrogens (tertiary/aromatic N) is 2. The molecular formula is C25H31N5O2. The van der Waals surface area contributed by atoms with Crippen LogP contribution in [0.2, 0.25) is 0 Å². The van der Waals surface area contributed by atoms with Gasteiger partial charge in [-0.15, -0.1) is 0 Å². The third-order valence-electron chi connectivity index (χ3n) is 7.84. The molecule has 1 saturated carbocycles. The van der Waals surface area contributed by atoms with Crippen molar-refractivity contribution >= 4 is 6.03 Å². The molecule has 168 valence electrons. The van der Waals surface area contributed by atoms with E-state index >= 15 is 0 Å². The highest BCUT2D eigenvalue weighted by Gasteiger charge is 2.48. The number of aryl methyl sites for hydroxylation is 1. The summed E-state index contributed by atoms with van der Waals surface area (Å²) in [6.45, 7) is 3.56. The third kappa shape index (κ3) is 3.44. The van der Waals surface area contributed by atoms with Crippen LogP contribution in [0.4, 0.5) is 4.79 Å². The summed E-state index contributed by atoms with van der Waals surface area (Å²) in [5.41, 5.74) is 10.5. The number of rotatable bonds is 2. The summed E-state index contributed by atoms with van der Waals surface area (Å²) < 4.78 is 5.96. The number of hydrogen-bond donors (Lipinski definition) is 3. The molecule has 0 radical (unpaired) electrons. The van der Waals surface area contributed by atoms with Gasteiger partial charge in [-0.3, -0.25) is 10.4 Å². The van der Waals surface area contributed by atoms with E-state index in [0.29, 0.717) is 24.5 Å². The van der Waals surface area contributed by atoms with E-state index in [1.54, 1.807) is 0 Å². The Balaban J connectivity index is 1.24. The van der Waals surface area contributed by atoms with Crippen molar-refractivity contribution < 1.29 is 9.53 Å². The summed E-state index contributed by atoms with van der Waals surface area (Å²) in [7, 11) is 0. The largest absolute Gasteiger partial charge is 0.493 e. The number of benzene rings is 1. The predicted octanol–water partition coefficient (Wildman–Crippen LogP) is 3.24. The van der Waals surface area contributed by atoms with Gasteiger partial charge in [0.1, 0.15) is 5.75 Å². The molecule has 1 aliphatic carbocycles. The summed E-state index contributed by atoms with van der Waals surface area (Å²) >= 11 is 0. The fourth-order valence-corrected chi connectivity index (χ4v) is 6.30. The molecule has 0 spiro atoms. The molecule has 4 heterocycles. The number of amides is 2. The average molecular weight is 434 g/mol. The van der Waals surface area contributed by atoms with Crippen molar-refractivity contribution in [2.45, 2.75) is 56.8 Å². The SMILES string of the molecule is Cc1cc(C2NNC3CC4NC(=O)N(C5CCCOc6ccccc65)CC4CC32)ccn1. The Bertz CT molecular complexity index is 1010. The second-order valence-corrected chi connectivity index (χ2v) is 9.75. The van der Waals surface area contributed by atoms with E-state index in [4.69, 9.17) is 4.74 Å². The molecule has 32 heavy (non-hydrogen) atoms. The highest BCUT2D eigenvalue weighted by molar-refractivity contribution is 5.76. The van der Waals surface area contributed by atoms with Crippen LogP contribution in [0, 0.1) is 18.8 Å². The van der Waals surface area contributed by atoms with Gasteiger partial charge in [-0.25, -0.2) is 10.2 Å². The molecule has 2 aromatic rings. The number of ether oxygens (including phenoxy) is 1. The molecule has 6 rings (SSSR count). The molecule has 7 heteroatoms. The number of urea groups is 1. The van der Waals surface area contributed by atoms with Crippen LogP contribution in [-0.2, 0) is 0 Å². The summed E-state index contributed by atoms with van der Waals surface area (Å²) in [6, 6.07) is 13.5. The van der Waals surface area contributed by atoms with Crippen LogP contribution in [0.5, 0.6) is 5.75 Å². The monoisotopic (exact) mass is 433 g/mol. The van der Waals surface area contributed by atoms with Crippen LogP contribution in [0.25, 0.3) is 0 Å². The van der Waals surface area contributed by atoms with Crippen molar-refractivity contribution in [2.24, 2.45) is 11.8 Å². The maximum Gasteiger partial charge on any atom is 0.318 e. The maximum absolute atomic E-state index is 13.2. The molecule has 1 aromatic carbocycles. The van der Waals surface area contributed by atoms with Crippen molar-refractivity contribution in [1.82, 2.24) is 26.1 Å². The smallest absolute Gasteiger partial charge is 0.318 e. The number of fused-ring (bicyclic) bond motifs is 3. The first kappa shape index (κ1) is 20.0. The van der Waals surface area contributed by atoms with Crippen molar-refractivity contribution in [3.8, 4) is 5.75 Å². The predicted molar refractivity (Wildman–Crippen MR) is 121 cm³/mol. The Hall–Kier alpha value is -2.64. The second kappa shape index (κ2) is 8.05. The lowest BCUT2D eigenvalue weighted by atomic mass is 9.71. The molecule has 6 unspecified atom stereocenters. The first-order valence-electron chi connectivity index (χ1n) is 11.9. The van der Waals surface area contributed by atoms with E-state index < -0.39 is 0 Å². The molecule has 6 atom stereocenters. The quantitative estimate of drug-likeness (QED) is 0.678. The van der Waals surface area contributed by atoms with Crippen molar-refractivity contribution in [1.29, 1.82) is 0 Å². The molecule has 7 nitrogen and oxygen atoms in total. The van der Waals surface area contributed by atoms with Gasteiger partial charge in [0.25, 0.3) is 0 Å². The number of hydrazine groups is 1. The lowest BCUT2D eigenvalue weighted by molar-refractivity contribution is 0.0780. The number of para-hydroxylation sites is 1. The highest BCUT2D eigenvalue weighted by Crippen LogP contribution is 2.44. The Labute approximate surface area is 188 Å². The van der Waals surface area contributed by atoms with Crippen molar-refractivity contribution in [3.63, 3.8) is 0 Å². The number of pyridine rings is 1. The van der Waals surface area contributed by atoms with Crippen LogP contribution in [0.15, 0.2) is 42.6 Å². The maximum atomic E-state index is 13.2. The summed E-state index contributed by atoms with van der Waals surface area (Å²) in [4.78, 5) is 19.7. The molecule has 2 amide bonds. The first-order chi connectivity index (χ1) is 15.7. The molecular weight excluding hydrogens is 402 g/mol. The average Bonchev–Trinajstić information content (AvgIpc) is 3.08. The van der Waals surface area contributed by atoms with E-state index in [9.17, 15) is 4.79 Å². The van der Waals surface area contributed by atoms with Gasteiger partial charge in [-0.2, -0.15) is 0 Å². The lowest BCUT2D eigenvalue weighted by Gasteiger charge is -2.47. The number of carbonyl (C=O) groups is 1. The number of aromatic nitrogens is 1. The number of nitrogens with one attached hydrogen (secondary N) is 3. The van der Waals surface area contributed by atoms with Gasteiger partial charge in [0.05, 0.1) is 18.7 Å².